The second-order valence-corrected chi connectivity index (χ2v) is 8.05. The van der Waals surface area contributed by atoms with Crippen molar-refractivity contribution in [3.05, 3.63) is 48.3 Å². The standard InChI is InChI=1S/C22H23N5O3S/c1-5-19(21(28)24-17-12-14(29-3)10-11-18(17)30-4)31-22-25-16-9-7-6-8-15(16)20-23-13(2)26-27(20)22/h6-12,19H,5H2,1-4H3,(H,24,28)/t19-/m0/s1. The number of hydrogen-bond donors (Lipinski definition) is 1. The van der Waals surface area contributed by atoms with E-state index in [1.54, 1.807) is 36.9 Å². The van der Waals surface area contributed by atoms with Crippen molar-refractivity contribution in [1.29, 1.82) is 0 Å². The Hall–Kier alpha value is -3.33. The first kappa shape index (κ1) is 20.9. The molecule has 2 aromatic carbocycles. The van der Waals surface area contributed by atoms with Gasteiger partial charge in [-0.05, 0) is 37.6 Å². The normalized spacial score (nSPS) is 12.1. The highest BCUT2D eigenvalue weighted by Gasteiger charge is 2.23. The molecule has 8 nitrogen and oxygen atoms in total. The van der Waals surface area contributed by atoms with Gasteiger partial charge in [0.1, 0.15) is 17.3 Å². The molecule has 4 rings (SSSR count). The number of benzene rings is 2. The minimum absolute atomic E-state index is 0.154. The van der Waals surface area contributed by atoms with Crippen molar-refractivity contribution in [1.82, 2.24) is 19.6 Å². The molecule has 1 atom stereocenters. The van der Waals surface area contributed by atoms with E-state index in [-0.39, 0.29) is 5.91 Å². The van der Waals surface area contributed by atoms with Crippen molar-refractivity contribution in [2.24, 2.45) is 0 Å². The summed E-state index contributed by atoms with van der Waals surface area (Å²) in [6, 6.07) is 13.1. The van der Waals surface area contributed by atoms with Crippen LogP contribution in [0.25, 0.3) is 16.6 Å². The molecule has 0 fully saturated rings. The van der Waals surface area contributed by atoms with Crippen LogP contribution in [0.15, 0.2) is 47.6 Å². The van der Waals surface area contributed by atoms with Crippen molar-refractivity contribution >= 4 is 39.9 Å². The summed E-state index contributed by atoms with van der Waals surface area (Å²) in [7, 11) is 3.14. The Bertz CT molecular complexity index is 1260. The predicted octanol–water partition coefficient (Wildman–Crippen LogP) is 4.11. The van der Waals surface area contributed by atoms with E-state index >= 15 is 0 Å². The van der Waals surface area contributed by atoms with Crippen molar-refractivity contribution in [2.75, 3.05) is 19.5 Å². The van der Waals surface area contributed by atoms with Gasteiger partial charge in [0.2, 0.25) is 5.91 Å². The Labute approximate surface area is 184 Å². The van der Waals surface area contributed by atoms with E-state index < -0.39 is 5.25 Å². The summed E-state index contributed by atoms with van der Waals surface area (Å²) >= 11 is 1.36. The molecule has 0 unspecified atom stereocenters. The van der Waals surface area contributed by atoms with Crippen LogP contribution in [0, 0.1) is 6.92 Å². The number of hydrogen-bond acceptors (Lipinski definition) is 7. The number of para-hydroxylation sites is 1. The van der Waals surface area contributed by atoms with E-state index in [9.17, 15) is 4.79 Å². The van der Waals surface area contributed by atoms with Crippen LogP contribution in [0.4, 0.5) is 5.69 Å². The molecule has 0 saturated carbocycles. The number of nitrogens with zero attached hydrogens (tertiary/aromatic N) is 4. The van der Waals surface area contributed by atoms with Gasteiger partial charge in [0, 0.05) is 11.5 Å². The topological polar surface area (TPSA) is 90.6 Å². The summed E-state index contributed by atoms with van der Waals surface area (Å²) in [4.78, 5) is 22.4. The SMILES string of the molecule is CC[C@H](Sc1nc2ccccc2c2nc(C)nn12)C(=O)Nc1cc(OC)ccc1OC. The summed E-state index contributed by atoms with van der Waals surface area (Å²) in [6.07, 6.45) is 0.604. The lowest BCUT2D eigenvalue weighted by Crippen LogP contribution is -2.25. The second kappa shape index (κ2) is 8.81. The first-order chi connectivity index (χ1) is 15.0. The monoisotopic (exact) mass is 437 g/mol. The number of thioether (sulfide) groups is 1. The first-order valence-electron chi connectivity index (χ1n) is 9.85. The van der Waals surface area contributed by atoms with Crippen LogP contribution in [0.2, 0.25) is 0 Å². The van der Waals surface area contributed by atoms with Crippen molar-refractivity contribution in [3.63, 3.8) is 0 Å². The van der Waals surface area contributed by atoms with Gasteiger partial charge in [-0.3, -0.25) is 4.79 Å². The van der Waals surface area contributed by atoms with Gasteiger partial charge in [0.25, 0.3) is 0 Å². The number of aryl methyl sites for hydroxylation is 1. The zero-order valence-corrected chi connectivity index (χ0v) is 18.6. The minimum atomic E-state index is -0.391. The third-order valence-electron chi connectivity index (χ3n) is 4.83. The molecular weight excluding hydrogens is 414 g/mol. The minimum Gasteiger partial charge on any atom is -0.497 e. The molecule has 0 aliphatic rings. The van der Waals surface area contributed by atoms with Crippen molar-refractivity contribution in [2.45, 2.75) is 30.7 Å². The molecule has 0 bridgehead atoms. The zero-order chi connectivity index (χ0) is 22.0. The summed E-state index contributed by atoms with van der Waals surface area (Å²) in [5.41, 5.74) is 2.10. The second-order valence-electron chi connectivity index (χ2n) is 6.88. The lowest BCUT2D eigenvalue weighted by molar-refractivity contribution is -0.115. The Kier molecular flexibility index (Phi) is 5.94. The highest BCUT2D eigenvalue weighted by Crippen LogP contribution is 2.32. The quantitative estimate of drug-likeness (QED) is 0.344. The maximum atomic E-state index is 13.1. The third kappa shape index (κ3) is 4.13. The number of rotatable bonds is 7. The number of carbonyl (C=O) groups excluding carboxylic acids is 1. The molecule has 2 aromatic heterocycles. The molecule has 0 aliphatic heterocycles. The van der Waals surface area contributed by atoms with Crippen LogP contribution in [0.1, 0.15) is 19.2 Å². The predicted molar refractivity (Wildman–Crippen MR) is 121 cm³/mol. The number of anilines is 1. The van der Waals surface area contributed by atoms with E-state index in [2.05, 4.69) is 15.4 Å². The van der Waals surface area contributed by atoms with E-state index in [1.807, 2.05) is 38.1 Å². The van der Waals surface area contributed by atoms with Crippen molar-refractivity contribution < 1.29 is 14.3 Å². The maximum Gasteiger partial charge on any atom is 0.238 e. The summed E-state index contributed by atoms with van der Waals surface area (Å²) < 4.78 is 12.4. The zero-order valence-electron chi connectivity index (χ0n) is 17.7. The largest absolute Gasteiger partial charge is 0.497 e. The Morgan fingerprint density at radius 1 is 1.16 bits per heavy atom. The highest BCUT2D eigenvalue weighted by molar-refractivity contribution is 8.00. The van der Waals surface area contributed by atoms with Gasteiger partial charge in [0.15, 0.2) is 10.8 Å². The fourth-order valence-corrected chi connectivity index (χ4v) is 4.25. The maximum absolute atomic E-state index is 13.1. The molecule has 1 N–H and O–H groups in total. The number of fused-ring (bicyclic) bond motifs is 3. The number of methoxy groups -OCH3 is 2. The lowest BCUT2D eigenvalue weighted by atomic mass is 10.2. The average molecular weight is 438 g/mol. The first-order valence-corrected chi connectivity index (χ1v) is 10.7. The molecule has 0 aliphatic carbocycles. The summed E-state index contributed by atoms with van der Waals surface area (Å²) in [5.74, 6) is 1.69. The molecule has 4 aromatic rings. The molecule has 31 heavy (non-hydrogen) atoms. The average Bonchev–Trinajstić information content (AvgIpc) is 3.19. The van der Waals surface area contributed by atoms with E-state index in [0.29, 0.717) is 34.6 Å². The van der Waals surface area contributed by atoms with E-state index in [4.69, 9.17) is 14.5 Å². The van der Waals surface area contributed by atoms with Crippen molar-refractivity contribution in [3.8, 4) is 11.5 Å². The van der Waals surface area contributed by atoms with E-state index in [1.165, 1.54) is 11.8 Å². The molecule has 160 valence electrons. The van der Waals surface area contributed by atoms with Crippen LogP contribution in [-0.2, 0) is 4.79 Å². The Balaban J connectivity index is 1.66. The molecule has 2 heterocycles. The molecule has 0 saturated heterocycles. The number of nitrogens with one attached hydrogen (secondary N) is 1. The molecule has 0 spiro atoms. The number of ether oxygens (including phenoxy) is 2. The Morgan fingerprint density at radius 2 is 1.97 bits per heavy atom. The molecular formula is C22H23N5O3S. The smallest absolute Gasteiger partial charge is 0.238 e. The molecule has 9 heteroatoms. The number of aromatic nitrogens is 4. The fraction of sp³-hybridized carbons (Fsp3) is 0.273. The van der Waals surface area contributed by atoms with Gasteiger partial charge < -0.3 is 14.8 Å². The summed E-state index contributed by atoms with van der Waals surface area (Å²) in [6.45, 7) is 3.81. The summed E-state index contributed by atoms with van der Waals surface area (Å²) in [5, 5.41) is 8.61. The van der Waals surface area contributed by atoms with Gasteiger partial charge in [-0.1, -0.05) is 30.8 Å². The Morgan fingerprint density at radius 3 is 2.71 bits per heavy atom. The highest BCUT2D eigenvalue weighted by atomic mass is 32.2. The molecule has 0 radical (unpaired) electrons. The van der Waals surface area contributed by atoms with Gasteiger partial charge in [-0.25, -0.2) is 9.97 Å². The van der Waals surface area contributed by atoms with Gasteiger partial charge in [0.05, 0.1) is 30.7 Å². The van der Waals surface area contributed by atoms with Crippen LogP contribution < -0.4 is 14.8 Å². The van der Waals surface area contributed by atoms with Gasteiger partial charge in [-0.2, -0.15) is 4.52 Å². The van der Waals surface area contributed by atoms with Crippen LogP contribution in [0.3, 0.4) is 0 Å². The fourth-order valence-electron chi connectivity index (χ4n) is 3.28. The number of amides is 1. The van der Waals surface area contributed by atoms with Gasteiger partial charge >= 0.3 is 0 Å². The van der Waals surface area contributed by atoms with Crippen LogP contribution in [-0.4, -0.2) is 45.0 Å². The number of carbonyl (C=O) groups is 1. The lowest BCUT2D eigenvalue weighted by Gasteiger charge is -2.17. The van der Waals surface area contributed by atoms with Crippen LogP contribution in [0.5, 0.6) is 11.5 Å². The van der Waals surface area contributed by atoms with Crippen LogP contribution >= 0.6 is 11.8 Å². The molecule has 1 amide bonds. The van der Waals surface area contributed by atoms with Gasteiger partial charge in [-0.15, -0.1) is 5.10 Å². The third-order valence-corrected chi connectivity index (χ3v) is 6.14. The van der Waals surface area contributed by atoms with E-state index in [0.717, 1.165) is 16.6 Å².